The molecule has 0 radical (unpaired) electrons. The molecule has 1 aliphatic rings. The van der Waals surface area contributed by atoms with E-state index in [0.29, 0.717) is 18.1 Å². The molecule has 1 saturated carbocycles. The average Bonchev–Trinajstić information content (AvgIpc) is 2.47. The highest BCUT2D eigenvalue weighted by Gasteiger charge is 2.18. The largest absolute Gasteiger partial charge is 0.300 e. The summed E-state index contributed by atoms with van der Waals surface area (Å²) in [5.74, 6) is 0.671. The first-order chi connectivity index (χ1) is 8.15. The van der Waals surface area contributed by atoms with Crippen molar-refractivity contribution in [1.82, 2.24) is 0 Å². The normalized spacial score (nSPS) is 21.3. The van der Waals surface area contributed by atoms with Crippen LogP contribution in [0.25, 0.3) is 0 Å². The third-order valence-corrected chi connectivity index (χ3v) is 3.65. The number of ketones is 1. The molecule has 1 atom stereocenters. The van der Waals surface area contributed by atoms with Gasteiger partial charge in [0.1, 0.15) is 11.6 Å². The van der Waals surface area contributed by atoms with Gasteiger partial charge in [-0.1, -0.05) is 12.5 Å². The van der Waals surface area contributed by atoms with Crippen molar-refractivity contribution in [2.24, 2.45) is 5.92 Å². The van der Waals surface area contributed by atoms with E-state index in [9.17, 15) is 9.18 Å². The quantitative estimate of drug-likeness (QED) is 0.711. The third-order valence-electron chi connectivity index (χ3n) is 3.65. The van der Waals surface area contributed by atoms with Crippen LogP contribution in [0.3, 0.4) is 0 Å². The highest BCUT2D eigenvalue weighted by Crippen LogP contribution is 2.25. The summed E-state index contributed by atoms with van der Waals surface area (Å²) in [6.45, 7) is 1.94. The van der Waals surface area contributed by atoms with E-state index >= 15 is 0 Å². The maximum Gasteiger partial charge on any atom is 0.133 e. The number of carbonyl (C=O) groups excluding carboxylic acids is 1. The van der Waals surface area contributed by atoms with Gasteiger partial charge < -0.3 is 0 Å². The predicted molar refractivity (Wildman–Crippen MR) is 66.4 cm³/mol. The first kappa shape index (κ1) is 12.3. The van der Waals surface area contributed by atoms with Crippen LogP contribution in [-0.2, 0) is 11.2 Å². The molecule has 0 saturated heterocycles. The molecule has 0 heterocycles. The highest BCUT2D eigenvalue weighted by atomic mass is 19.1. The van der Waals surface area contributed by atoms with Crippen LogP contribution in [0.15, 0.2) is 18.2 Å². The molecule has 1 aromatic carbocycles. The van der Waals surface area contributed by atoms with Gasteiger partial charge in [0.25, 0.3) is 0 Å². The van der Waals surface area contributed by atoms with Crippen LogP contribution in [0.5, 0.6) is 0 Å². The smallest absolute Gasteiger partial charge is 0.133 e. The Labute approximate surface area is 102 Å². The second-order valence-electron chi connectivity index (χ2n) is 5.13. The van der Waals surface area contributed by atoms with Crippen LogP contribution in [0.1, 0.15) is 43.2 Å². The number of carbonyl (C=O) groups is 1. The molecule has 1 unspecified atom stereocenters. The summed E-state index contributed by atoms with van der Waals surface area (Å²) in [6, 6.07) is 4.95. The standard InChI is InChI=1S/C15H19FO/c1-11-8-14(16)7-6-13(11)9-12-4-2-3-5-15(17)10-12/h6-8,12H,2-5,9-10H2,1H3. The zero-order valence-corrected chi connectivity index (χ0v) is 10.3. The van der Waals surface area contributed by atoms with E-state index in [4.69, 9.17) is 0 Å². The average molecular weight is 234 g/mol. The fourth-order valence-electron chi connectivity index (χ4n) is 2.65. The van der Waals surface area contributed by atoms with Crippen molar-refractivity contribution in [2.75, 3.05) is 0 Å². The minimum atomic E-state index is -0.178. The van der Waals surface area contributed by atoms with Crippen molar-refractivity contribution < 1.29 is 9.18 Å². The fraction of sp³-hybridized carbons (Fsp3) is 0.533. The molecule has 1 fully saturated rings. The van der Waals surface area contributed by atoms with E-state index in [1.807, 2.05) is 13.0 Å². The minimum Gasteiger partial charge on any atom is -0.300 e. The molecule has 17 heavy (non-hydrogen) atoms. The summed E-state index contributed by atoms with van der Waals surface area (Å²) in [5, 5.41) is 0. The Balaban J connectivity index is 2.06. The molecule has 1 aromatic rings. The summed E-state index contributed by atoms with van der Waals surface area (Å²) in [5.41, 5.74) is 2.19. The molecule has 0 amide bonds. The van der Waals surface area contributed by atoms with Crippen molar-refractivity contribution in [1.29, 1.82) is 0 Å². The monoisotopic (exact) mass is 234 g/mol. The van der Waals surface area contributed by atoms with Crippen LogP contribution in [0, 0.1) is 18.7 Å². The number of benzene rings is 1. The van der Waals surface area contributed by atoms with Gasteiger partial charge in [-0.15, -0.1) is 0 Å². The Kier molecular flexibility index (Phi) is 3.93. The van der Waals surface area contributed by atoms with Gasteiger partial charge in [-0.2, -0.15) is 0 Å². The lowest BCUT2D eigenvalue weighted by Gasteiger charge is -2.14. The van der Waals surface area contributed by atoms with Gasteiger partial charge in [0.2, 0.25) is 0 Å². The van der Waals surface area contributed by atoms with Crippen LogP contribution >= 0.6 is 0 Å². The van der Waals surface area contributed by atoms with E-state index in [1.165, 1.54) is 11.6 Å². The molecule has 0 aromatic heterocycles. The van der Waals surface area contributed by atoms with Crippen molar-refractivity contribution in [3.63, 3.8) is 0 Å². The summed E-state index contributed by atoms with van der Waals surface area (Å²) >= 11 is 0. The van der Waals surface area contributed by atoms with Crippen molar-refractivity contribution >= 4 is 5.78 Å². The van der Waals surface area contributed by atoms with E-state index in [-0.39, 0.29) is 5.82 Å². The van der Waals surface area contributed by atoms with E-state index in [2.05, 4.69) is 0 Å². The molecule has 0 spiro atoms. The Morgan fingerprint density at radius 1 is 1.35 bits per heavy atom. The summed E-state index contributed by atoms with van der Waals surface area (Å²) < 4.78 is 13.0. The molecule has 2 rings (SSSR count). The lowest BCUT2D eigenvalue weighted by Crippen LogP contribution is -2.09. The van der Waals surface area contributed by atoms with Crippen molar-refractivity contribution in [3.05, 3.63) is 35.1 Å². The maximum absolute atomic E-state index is 13.0. The first-order valence-electron chi connectivity index (χ1n) is 6.42. The summed E-state index contributed by atoms with van der Waals surface area (Å²) in [4.78, 5) is 11.6. The van der Waals surface area contributed by atoms with E-state index in [1.54, 1.807) is 6.07 Å². The van der Waals surface area contributed by atoms with Crippen LogP contribution < -0.4 is 0 Å². The molecule has 1 nitrogen and oxygen atoms in total. The molecular weight excluding hydrogens is 215 g/mol. The molecular formula is C15H19FO. The van der Waals surface area contributed by atoms with Gasteiger partial charge in [-0.3, -0.25) is 4.79 Å². The number of hydrogen-bond acceptors (Lipinski definition) is 1. The molecule has 0 aliphatic heterocycles. The van der Waals surface area contributed by atoms with Crippen molar-refractivity contribution in [2.45, 2.75) is 45.4 Å². The Morgan fingerprint density at radius 2 is 2.18 bits per heavy atom. The lowest BCUT2D eigenvalue weighted by molar-refractivity contribution is -0.119. The molecule has 0 N–H and O–H groups in total. The highest BCUT2D eigenvalue weighted by molar-refractivity contribution is 5.78. The summed E-state index contributed by atoms with van der Waals surface area (Å²) in [6.07, 6.45) is 5.69. The molecule has 1 aliphatic carbocycles. The van der Waals surface area contributed by atoms with E-state index in [0.717, 1.165) is 37.7 Å². The minimum absolute atomic E-state index is 0.178. The number of aryl methyl sites for hydroxylation is 1. The van der Waals surface area contributed by atoms with Crippen LogP contribution in [0.2, 0.25) is 0 Å². The van der Waals surface area contributed by atoms with Gasteiger partial charge in [0.15, 0.2) is 0 Å². The zero-order chi connectivity index (χ0) is 12.3. The zero-order valence-electron chi connectivity index (χ0n) is 10.3. The number of Topliss-reactive ketones (excluding diaryl/α,β-unsaturated/α-hetero) is 1. The van der Waals surface area contributed by atoms with Gasteiger partial charge in [-0.25, -0.2) is 4.39 Å². The Bertz CT molecular complexity index is 411. The second kappa shape index (κ2) is 5.44. The third kappa shape index (κ3) is 3.39. The topological polar surface area (TPSA) is 17.1 Å². The first-order valence-corrected chi connectivity index (χ1v) is 6.42. The van der Waals surface area contributed by atoms with Crippen LogP contribution in [-0.4, -0.2) is 5.78 Å². The van der Waals surface area contributed by atoms with Gasteiger partial charge in [0.05, 0.1) is 0 Å². The molecule has 92 valence electrons. The Morgan fingerprint density at radius 3 is 2.94 bits per heavy atom. The molecule has 2 heteroatoms. The SMILES string of the molecule is Cc1cc(F)ccc1CC1CCCCC(=O)C1. The van der Waals surface area contributed by atoms with Gasteiger partial charge in [0, 0.05) is 12.8 Å². The number of hydrogen-bond donors (Lipinski definition) is 0. The Hall–Kier alpha value is -1.18. The van der Waals surface area contributed by atoms with Gasteiger partial charge in [-0.05, 0) is 55.4 Å². The lowest BCUT2D eigenvalue weighted by atomic mass is 9.90. The second-order valence-corrected chi connectivity index (χ2v) is 5.13. The van der Waals surface area contributed by atoms with Crippen molar-refractivity contribution in [3.8, 4) is 0 Å². The van der Waals surface area contributed by atoms with E-state index < -0.39 is 0 Å². The van der Waals surface area contributed by atoms with Crippen LogP contribution in [0.4, 0.5) is 4.39 Å². The van der Waals surface area contributed by atoms with Gasteiger partial charge >= 0.3 is 0 Å². The summed E-state index contributed by atoms with van der Waals surface area (Å²) in [7, 11) is 0. The maximum atomic E-state index is 13.0. The number of halogens is 1. The number of rotatable bonds is 2. The fourth-order valence-corrected chi connectivity index (χ4v) is 2.65. The predicted octanol–water partition coefficient (Wildman–Crippen LogP) is 3.83. The molecule has 0 bridgehead atoms.